The number of ether oxygens (including phenoxy) is 1. The molecule has 1 aromatic rings. The summed E-state index contributed by atoms with van der Waals surface area (Å²) in [6.45, 7) is 15.2. The lowest BCUT2D eigenvalue weighted by Gasteiger charge is -2.20. The number of hydrogen-bond donors (Lipinski definition) is 1. The zero-order valence-electron chi connectivity index (χ0n) is 18.4. The average molecular weight is 386 g/mol. The Labute approximate surface area is 170 Å². The summed E-state index contributed by atoms with van der Waals surface area (Å²) in [5.74, 6) is 0.516. The summed E-state index contributed by atoms with van der Waals surface area (Å²) in [7, 11) is 0. The molecule has 1 rings (SSSR count). The molecular weight excluding hydrogens is 350 g/mol. The van der Waals surface area contributed by atoms with Gasteiger partial charge in [0.15, 0.2) is 0 Å². The molecule has 4 heteroatoms. The number of carboxylic acid groups (broad SMARTS) is 1. The van der Waals surface area contributed by atoms with Crippen molar-refractivity contribution in [1.82, 2.24) is 4.98 Å². The van der Waals surface area contributed by atoms with E-state index in [4.69, 9.17) is 14.8 Å². The molecule has 1 aromatic heterocycles. The normalized spacial score (nSPS) is 13.0. The number of allylic oxidation sites excluding steroid dienone is 5. The highest BCUT2D eigenvalue weighted by Crippen LogP contribution is 2.35. The van der Waals surface area contributed by atoms with E-state index in [2.05, 4.69) is 47.6 Å². The molecule has 1 N–H and O–H groups in total. The van der Waals surface area contributed by atoms with Crippen molar-refractivity contribution in [1.29, 1.82) is 0 Å². The Hall–Kier alpha value is -2.36. The standard InChI is InChI=1S/C24H35NO3/c1-8-9-13-28-24-20(15-21(16(2)3)25-23(24)17(4)5)19(7)12-10-11-18(6)14-22(26)27/h10-12,14-17H,8-9,13H2,1-7H3,(H,26,27)/b11-10+,18-14+,19-12-. The second-order valence-electron chi connectivity index (χ2n) is 7.76. The Morgan fingerprint density at radius 3 is 2.43 bits per heavy atom. The molecule has 0 atom stereocenters. The zero-order valence-corrected chi connectivity index (χ0v) is 18.4. The number of nitrogens with zero attached hydrogens (tertiary/aromatic N) is 1. The van der Waals surface area contributed by atoms with E-state index in [0.29, 0.717) is 18.1 Å². The van der Waals surface area contributed by atoms with Gasteiger partial charge in [-0.2, -0.15) is 0 Å². The van der Waals surface area contributed by atoms with E-state index in [1.54, 1.807) is 13.0 Å². The van der Waals surface area contributed by atoms with Gasteiger partial charge in [0.1, 0.15) is 5.75 Å². The topological polar surface area (TPSA) is 59.4 Å². The molecule has 0 amide bonds. The fraction of sp³-hybridized carbons (Fsp3) is 0.500. The number of aromatic nitrogens is 1. The Bertz CT molecular complexity index is 755. The van der Waals surface area contributed by atoms with Gasteiger partial charge in [-0.05, 0) is 49.3 Å². The molecule has 0 fully saturated rings. The highest BCUT2D eigenvalue weighted by molar-refractivity contribution is 5.81. The quantitative estimate of drug-likeness (QED) is 0.284. The molecule has 0 bridgehead atoms. The smallest absolute Gasteiger partial charge is 0.328 e. The fourth-order valence-corrected chi connectivity index (χ4v) is 2.70. The van der Waals surface area contributed by atoms with Crippen LogP contribution in [0.15, 0.2) is 35.9 Å². The molecule has 0 spiro atoms. The van der Waals surface area contributed by atoms with Crippen molar-refractivity contribution in [2.24, 2.45) is 0 Å². The first-order chi connectivity index (χ1) is 13.2. The summed E-state index contributed by atoms with van der Waals surface area (Å²) in [6.07, 6.45) is 8.95. The van der Waals surface area contributed by atoms with Crippen molar-refractivity contribution in [2.75, 3.05) is 6.61 Å². The lowest BCUT2D eigenvalue weighted by molar-refractivity contribution is -0.131. The largest absolute Gasteiger partial charge is 0.491 e. The van der Waals surface area contributed by atoms with Gasteiger partial charge in [-0.3, -0.25) is 4.98 Å². The third-order valence-electron chi connectivity index (χ3n) is 4.38. The van der Waals surface area contributed by atoms with Crippen LogP contribution in [0.3, 0.4) is 0 Å². The minimum atomic E-state index is -0.938. The number of hydrogen-bond acceptors (Lipinski definition) is 3. The fourth-order valence-electron chi connectivity index (χ4n) is 2.70. The minimum absolute atomic E-state index is 0.262. The van der Waals surface area contributed by atoms with Crippen molar-refractivity contribution in [3.8, 4) is 5.75 Å². The summed E-state index contributed by atoms with van der Waals surface area (Å²) < 4.78 is 6.19. The van der Waals surface area contributed by atoms with Gasteiger partial charge in [0.25, 0.3) is 0 Å². The molecule has 0 saturated carbocycles. The molecule has 0 unspecified atom stereocenters. The molecule has 0 aromatic carbocycles. The maximum absolute atomic E-state index is 10.8. The van der Waals surface area contributed by atoms with Gasteiger partial charge < -0.3 is 9.84 Å². The van der Waals surface area contributed by atoms with Crippen LogP contribution in [0.4, 0.5) is 0 Å². The van der Waals surface area contributed by atoms with Gasteiger partial charge in [-0.1, -0.05) is 59.3 Å². The van der Waals surface area contributed by atoms with Crippen LogP contribution in [0, 0.1) is 0 Å². The van der Waals surface area contributed by atoms with E-state index in [1.807, 2.05) is 12.2 Å². The lowest BCUT2D eigenvalue weighted by Crippen LogP contribution is -2.09. The monoisotopic (exact) mass is 385 g/mol. The lowest BCUT2D eigenvalue weighted by atomic mass is 9.97. The first kappa shape index (κ1) is 23.7. The molecule has 1 heterocycles. The second kappa shape index (κ2) is 11.5. The zero-order chi connectivity index (χ0) is 21.3. The number of aliphatic carboxylic acids is 1. The maximum atomic E-state index is 10.8. The van der Waals surface area contributed by atoms with Gasteiger partial charge in [0.2, 0.25) is 0 Å². The van der Waals surface area contributed by atoms with Crippen LogP contribution >= 0.6 is 0 Å². The predicted molar refractivity (Wildman–Crippen MR) is 117 cm³/mol. The Morgan fingerprint density at radius 2 is 1.89 bits per heavy atom. The van der Waals surface area contributed by atoms with Gasteiger partial charge in [0, 0.05) is 17.3 Å². The van der Waals surface area contributed by atoms with Crippen LogP contribution in [0.1, 0.15) is 90.1 Å². The molecule has 0 aliphatic heterocycles. The first-order valence-corrected chi connectivity index (χ1v) is 10.1. The van der Waals surface area contributed by atoms with Crippen LogP contribution in [0.2, 0.25) is 0 Å². The van der Waals surface area contributed by atoms with Crippen molar-refractivity contribution < 1.29 is 14.6 Å². The Balaban J connectivity index is 3.40. The third-order valence-corrected chi connectivity index (χ3v) is 4.38. The summed E-state index contributed by atoms with van der Waals surface area (Å²) in [5.41, 5.74) is 4.87. The van der Waals surface area contributed by atoms with Crippen molar-refractivity contribution in [2.45, 2.75) is 73.1 Å². The molecule has 0 aliphatic carbocycles. The van der Waals surface area contributed by atoms with E-state index in [-0.39, 0.29) is 5.92 Å². The van der Waals surface area contributed by atoms with Crippen LogP contribution in [-0.2, 0) is 4.79 Å². The third kappa shape index (κ3) is 7.34. The molecule has 0 radical (unpaired) electrons. The van der Waals surface area contributed by atoms with Crippen LogP contribution < -0.4 is 4.74 Å². The van der Waals surface area contributed by atoms with Crippen LogP contribution in [0.25, 0.3) is 5.57 Å². The van der Waals surface area contributed by atoms with Crippen molar-refractivity contribution in [3.63, 3.8) is 0 Å². The SMILES string of the molecule is CCCCOc1c(\C(C)=C/C=C/C(C)=C/C(=O)O)cc(C(C)C)nc1C(C)C. The van der Waals surface area contributed by atoms with Gasteiger partial charge in [-0.15, -0.1) is 0 Å². The van der Waals surface area contributed by atoms with Gasteiger partial charge in [-0.25, -0.2) is 4.79 Å². The summed E-state index contributed by atoms with van der Waals surface area (Å²) in [5, 5.41) is 8.83. The Morgan fingerprint density at radius 1 is 1.21 bits per heavy atom. The number of unbranched alkanes of at least 4 members (excludes halogenated alkanes) is 1. The number of pyridine rings is 1. The van der Waals surface area contributed by atoms with E-state index in [1.165, 1.54) is 6.08 Å². The first-order valence-electron chi connectivity index (χ1n) is 10.1. The highest BCUT2D eigenvalue weighted by atomic mass is 16.5. The summed E-state index contributed by atoms with van der Waals surface area (Å²) in [6, 6.07) is 2.12. The average Bonchev–Trinajstić information content (AvgIpc) is 2.60. The second-order valence-corrected chi connectivity index (χ2v) is 7.76. The predicted octanol–water partition coefficient (Wildman–Crippen LogP) is 6.50. The van der Waals surface area contributed by atoms with Gasteiger partial charge in [0.05, 0.1) is 12.3 Å². The highest BCUT2D eigenvalue weighted by Gasteiger charge is 2.19. The van der Waals surface area contributed by atoms with Crippen molar-refractivity contribution in [3.05, 3.63) is 52.9 Å². The van der Waals surface area contributed by atoms with Gasteiger partial charge >= 0.3 is 5.97 Å². The number of rotatable bonds is 10. The number of carboxylic acids is 1. The Kier molecular flexibility index (Phi) is 9.70. The van der Waals surface area contributed by atoms with Crippen LogP contribution in [-0.4, -0.2) is 22.7 Å². The van der Waals surface area contributed by atoms with Crippen molar-refractivity contribution >= 4 is 11.5 Å². The molecule has 0 aliphatic rings. The number of carbonyl (C=O) groups is 1. The van der Waals surface area contributed by atoms with E-state index >= 15 is 0 Å². The minimum Gasteiger partial charge on any atom is -0.491 e. The summed E-state index contributed by atoms with van der Waals surface area (Å²) >= 11 is 0. The molecule has 154 valence electrons. The molecule has 0 saturated heterocycles. The summed E-state index contributed by atoms with van der Waals surface area (Å²) in [4.78, 5) is 15.6. The molecule has 28 heavy (non-hydrogen) atoms. The van der Waals surface area contributed by atoms with E-state index < -0.39 is 5.97 Å². The maximum Gasteiger partial charge on any atom is 0.328 e. The van der Waals surface area contributed by atoms with Crippen LogP contribution in [0.5, 0.6) is 5.75 Å². The van der Waals surface area contributed by atoms with E-state index in [9.17, 15) is 4.79 Å². The molecular formula is C24H35NO3. The van der Waals surface area contributed by atoms with E-state index in [0.717, 1.165) is 41.1 Å². The molecule has 4 nitrogen and oxygen atoms in total.